The van der Waals surface area contributed by atoms with E-state index in [0.29, 0.717) is 11.3 Å². The number of hydrogen-bond donors (Lipinski definition) is 0. The average molecular weight is 339 g/mol. The molecule has 3 nitrogen and oxygen atoms in total. The van der Waals surface area contributed by atoms with Crippen molar-refractivity contribution in [3.63, 3.8) is 0 Å². The van der Waals surface area contributed by atoms with Gasteiger partial charge in [-0.3, -0.25) is 0 Å². The van der Waals surface area contributed by atoms with Crippen molar-refractivity contribution in [2.24, 2.45) is 0 Å². The van der Waals surface area contributed by atoms with E-state index in [9.17, 15) is 13.2 Å². The highest BCUT2D eigenvalue weighted by atomic mass is 35.5. The molecule has 0 fully saturated rings. The van der Waals surface area contributed by atoms with Crippen LogP contribution < -0.4 is 0 Å². The monoisotopic (exact) mass is 338 g/mol. The number of rotatable bonds is 4. The topological polar surface area (TPSA) is 27.1 Å². The van der Waals surface area contributed by atoms with Crippen LogP contribution >= 0.6 is 23.2 Å². The molecule has 0 aliphatic heterocycles. The van der Waals surface area contributed by atoms with Gasteiger partial charge in [-0.2, -0.15) is 18.3 Å². The number of halogens is 5. The molecule has 0 saturated heterocycles. The molecule has 0 bridgehead atoms. The van der Waals surface area contributed by atoms with Gasteiger partial charge >= 0.3 is 6.18 Å². The fraction of sp³-hybridized carbons (Fsp3) is 0.308. The minimum Gasteiger partial charge on any atom is -0.378 e. The summed E-state index contributed by atoms with van der Waals surface area (Å²) in [7, 11) is 1.48. The Kier molecular flexibility index (Phi) is 4.81. The summed E-state index contributed by atoms with van der Waals surface area (Å²) in [4.78, 5) is 0. The number of hydrogen-bond acceptors (Lipinski definition) is 2. The molecule has 1 aromatic carbocycles. The highest BCUT2D eigenvalue weighted by Crippen LogP contribution is 2.32. The first kappa shape index (κ1) is 16.1. The van der Waals surface area contributed by atoms with Crippen LogP contribution in [0.15, 0.2) is 24.3 Å². The summed E-state index contributed by atoms with van der Waals surface area (Å²) < 4.78 is 44.5. The van der Waals surface area contributed by atoms with Gasteiger partial charge in [0, 0.05) is 12.7 Å². The number of aromatic nitrogens is 2. The third kappa shape index (κ3) is 3.33. The first-order valence-corrected chi connectivity index (χ1v) is 6.78. The fourth-order valence-corrected chi connectivity index (χ4v) is 2.50. The Balaban J connectivity index is 2.52. The second kappa shape index (κ2) is 6.25. The number of alkyl halides is 4. The van der Waals surface area contributed by atoms with Crippen molar-refractivity contribution >= 4 is 23.2 Å². The summed E-state index contributed by atoms with van der Waals surface area (Å²) in [6.45, 7) is 0.174. The number of benzene rings is 1. The van der Waals surface area contributed by atoms with E-state index < -0.39 is 11.7 Å². The van der Waals surface area contributed by atoms with Crippen LogP contribution in [0.3, 0.4) is 0 Å². The standard InChI is InChI=1S/C13H11Cl2F3N2O/c1-21-7-11-10(6-14)12(15)20(19-11)9-4-2-3-8(5-9)13(16,17)18/h2-5H,6-7H2,1H3. The van der Waals surface area contributed by atoms with E-state index in [0.717, 1.165) is 12.1 Å². The van der Waals surface area contributed by atoms with Crippen molar-refractivity contribution in [1.29, 1.82) is 0 Å². The molecule has 0 spiro atoms. The quantitative estimate of drug-likeness (QED) is 0.771. The second-order valence-electron chi connectivity index (χ2n) is 4.24. The van der Waals surface area contributed by atoms with Gasteiger partial charge in [0.25, 0.3) is 0 Å². The van der Waals surface area contributed by atoms with Crippen LogP contribution in [0, 0.1) is 0 Å². The van der Waals surface area contributed by atoms with Crippen LogP contribution in [-0.4, -0.2) is 16.9 Å². The van der Waals surface area contributed by atoms with Gasteiger partial charge in [0.1, 0.15) is 5.15 Å². The van der Waals surface area contributed by atoms with E-state index >= 15 is 0 Å². The molecular formula is C13H11Cl2F3N2O. The molecule has 8 heteroatoms. The van der Waals surface area contributed by atoms with Crippen LogP contribution in [0.25, 0.3) is 5.69 Å². The maximum absolute atomic E-state index is 12.8. The van der Waals surface area contributed by atoms with Gasteiger partial charge in [-0.1, -0.05) is 17.7 Å². The second-order valence-corrected chi connectivity index (χ2v) is 4.87. The highest BCUT2D eigenvalue weighted by molar-refractivity contribution is 6.31. The SMILES string of the molecule is COCc1nn(-c2cccc(C(F)(F)F)c2)c(Cl)c1CCl. The normalized spacial score (nSPS) is 11.9. The summed E-state index contributed by atoms with van der Waals surface area (Å²) in [6.07, 6.45) is -4.43. The molecule has 21 heavy (non-hydrogen) atoms. The Morgan fingerprint density at radius 1 is 1.33 bits per heavy atom. The molecule has 0 unspecified atom stereocenters. The lowest BCUT2D eigenvalue weighted by atomic mass is 10.2. The predicted octanol–water partition coefficient (Wildman–Crippen LogP) is 4.43. The Hall–Kier alpha value is -1.24. The lowest BCUT2D eigenvalue weighted by molar-refractivity contribution is -0.137. The maximum Gasteiger partial charge on any atom is 0.416 e. The lowest BCUT2D eigenvalue weighted by Gasteiger charge is -2.09. The van der Waals surface area contributed by atoms with Gasteiger partial charge in [-0.25, -0.2) is 4.68 Å². The Morgan fingerprint density at radius 2 is 2.05 bits per heavy atom. The average Bonchev–Trinajstić information content (AvgIpc) is 2.75. The Morgan fingerprint density at radius 3 is 2.62 bits per heavy atom. The highest BCUT2D eigenvalue weighted by Gasteiger charge is 2.31. The van der Waals surface area contributed by atoms with Crippen molar-refractivity contribution in [2.45, 2.75) is 18.7 Å². The molecule has 0 atom stereocenters. The molecule has 0 aliphatic carbocycles. The summed E-state index contributed by atoms with van der Waals surface area (Å²) in [5.74, 6) is 0.0937. The fourth-order valence-electron chi connectivity index (χ4n) is 1.84. The van der Waals surface area contributed by atoms with E-state index in [2.05, 4.69) is 5.10 Å². The molecule has 114 valence electrons. The molecule has 0 radical (unpaired) electrons. The zero-order valence-corrected chi connectivity index (χ0v) is 12.4. The van der Waals surface area contributed by atoms with Gasteiger partial charge in [-0.05, 0) is 18.2 Å². The minimum atomic E-state index is -4.43. The van der Waals surface area contributed by atoms with Crippen molar-refractivity contribution in [3.05, 3.63) is 46.2 Å². The molecule has 1 heterocycles. The van der Waals surface area contributed by atoms with E-state index in [1.807, 2.05) is 0 Å². The molecule has 1 aromatic heterocycles. The zero-order chi connectivity index (χ0) is 15.6. The van der Waals surface area contributed by atoms with Crippen molar-refractivity contribution in [1.82, 2.24) is 9.78 Å². The number of methoxy groups -OCH3 is 1. The van der Waals surface area contributed by atoms with E-state index in [1.54, 1.807) is 0 Å². The largest absolute Gasteiger partial charge is 0.416 e. The van der Waals surface area contributed by atoms with Crippen LogP contribution in [0.5, 0.6) is 0 Å². The van der Waals surface area contributed by atoms with Gasteiger partial charge < -0.3 is 4.74 Å². The Bertz CT molecular complexity index is 641. The van der Waals surface area contributed by atoms with Crippen molar-refractivity contribution in [2.75, 3.05) is 7.11 Å². The van der Waals surface area contributed by atoms with Crippen molar-refractivity contribution < 1.29 is 17.9 Å². The third-order valence-electron chi connectivity index (χ3n) is 2.84. The third-order valence-corrected chi connectivity index (χ3v) is 3.49. The van der Waals surface area contributed by atoms with Crippen LogP contribution in [0.2, 0.25) is 5.15 Å². The van der Waals surface area contributed by atoms with E-state index in [4.69, 9.17) is 27.9 Å². The zero-order valence-electron chi connectivity index (χ0n) is 10.9. The number of ether oxygens (including phenoxy) is 1. The molecule has 2 rings (SSSR count). The van der Waals surface area contributed by atoms with Gasteiger partial charge in [0.15, 0.2) is 0 Å². The molecule has 2 aromatic rings. The summed E-state index contributed by atoms with van der Waals surface area (Å²) in [5.41, 5.74) is 0.475. The smallest absolute Gasteiger partial charge is 0.378 e. The minimum absolute atomic E-state index is 0.0937. The molecule has 0 amide bonds. The first-order valence-electron chi connectivity index (χ1n) is 5.87. The van der Waals surface area contributed by atoms with Gasteiger partial charge in [0.05, 0.1) is 29.4 Å². The van der Waals surface area contributed by atoms with Crippen LogP contribution in [0.1, 0.15) is 16.8 Å². The molecule has 0 aliphatic rings. The van der Waals surface area contributed by atoms with E-state index in [1.165, 1.54) is 23.9 Å². The molecule has 0 N–H and O–H groups in total. The van der Waals surface area contributed by atoms with Gasteiger partial charge in [0.2, 0.25) is 0 Å². The summed E-state index contributed by atoms with van der Waals surface area (Å²) in [6, 6.07) is 4.75. The number of nitrogens with zero attached hydrogens (tertiary/aromatic N) is 2. The van der Waals surface area contributed by atoms with Gasteiger partial charge in [-0.15, -0.1) is 11.6 Å². The van der Waals surface area contributed by atoms with E-state index in [-0.39, 0.29) is 23.3 Å². The van der Waals surface area contributed by atoms with Crippen molar-refractivity contribution in [3.8, 4) is 5.69 Å². The Labute approximate surface area is 129 Å². The molecular weight excluding hydrogens is 328 g/mol. The van der Waals surface area contributed by atoms with Crippen LogP contribution in [0.4, 0.5) is 13.2 Å². The predicted molar refractivity (Wildman–Crippen MR) is 73.8 cm³/mol. The first-order chi connectivity index (χ1) is 9.88. The maximum atomic E-state index is 12.8. The summed E-state index contributed by atoms with van der Waals surface area (Å²) in [5, 5.41) is 4.35. The molecule has 0 saturated carbocycles. The lowest BCUT2D eigenvalue weighted by Crippen LogP contribution is -2.06. The van der Waals surface area contributed by atoms with Crippen LogP contribution in [-0.2, 0) is 23.4 Å². The summed E-state index contributed by atoms with van der Waals surface area (Å²) >= 11 is 12.0.